The van der Waals surface area contributed by atoms with Gasteiger partial charge in [-0.15, -0.1) is 0 Å². The summed E-state index contributed by atoms with van der Waals surface area (Å²) in [4.78, 5) is 0. The third-order valence-corrected chi connectivity index (χ3v) is 9.73. The summed E-state index contributed by atoms with van der Waals surface area (Å²) in [5.41, 5.74) is 1.41. The molecule has 0 heteroatoms. The molecule has 0 aliphatic heterocycles. The standard InChI is InChI=1S/C28H56/c1-13-21(7)25(20(5)6)23(14-2)28(12,16-4)22-17-18-24(26(8,9)10)27(11,15-3)19-22/h20-25H,13-19H2,1-12H3. The van der Waals surface area contributed by atoms with E-state index in [2.05, 4.69) is 83.1 Å². The maximum Gasteiger partial charge on any atom is -0.0269 e. The average Bonchev–Trinajstić information content (AvgIpc) is 2.63. The van der Waals surface area contributed by atoms with Crippen molar-refractivity contribution >= 4 is 0 Å². The Hall–Kier alpha value is 0. The SMILES string of the molecule is CCC(C)C(C(C)C)C(CC)C(C)(CC)C1CCC(C(C)(C)C)C(C)(CC)C1. The molecular formula is C28H56. The van der Waals surface area contributed by atoms with Crippen molar-refractivity contribution in [3.63, 3.8) is 0 Å². The maximum atomic E-state index is 2.69. The Labute approximate surface area is 180 Å². The van der Waals surface area contributed by atoms with Crippen LogP contribution in [0, 0.1) is 51.8 Å². The topological polar surface area (TPSA) is 0 Å². The predicted octanol–water partition coefficient (Wildman–Crippen LogP) is 9.63. The number of hydrogen-bond acceptors (Lipinski definition) is 0. The van der Waals surface area contributed by atoms with Gasteiger partial charge in [-0.05, 0) is 71.0 Å². The molecule has 0 radical (unpaired) electrons. The van der Waals surface area contributed by atoms with Gasteiger partial charge >= 0.3 is 0 Å². The van der Waals surface area contributed by atoms with Gasteiger partial charge in [-0.3, -0.25) is 0 Å². The molecule has 0 amide bonds. The predicted molar refractivity (Wildman–Crippen MR) is 129 cm³/mol. The second kappa shape index (κ2) is 9.87. The van der Waals surface area contributed by atoms with Gasteiger partial charge < -0.3 is 0 Å². The lowest BCUT2D eigenvalue weighted by Gasteiger charge is -2.57. The van der Waals surface area contributed by atoms with E-state index in [1.807, 2.05) is 0 Å². The summed E-state index contributed by atoms with van der Waals surface area (Å²) in [6.45, 7) is 30.1. The van der Waals surface area contributed by atoms with Crippen LogP contribution in [0.1, 0.15) is 128 Å². The average molecular weight is 393 g/mol. The normalized spacial score (nSPS) is 32.0. The molecular weight excluding hydrogens is 336 g/mol. The molecule has 0 heterocycles. The largest absolute Gasteiger partial charge is 0.0651 e. The third kappa shape index (κ3) is 5.18. The van der Waals surface area contributed by atoms with E-state index in [0.717, 1.165) is 35.5 Å². The summed E-state index contributed by atoms with van der Waals surface area (Å²) >= 11 is 0. The highest BCUT2D eigenvalue weighted by Gasteiger charge is 2.51. The minimum absolute atomic E-state index is 0.430. The molecule has 0 bridgehead atoms. The van der Waals surface area contributed by atoms with Crippen molar-refractivity contribution in [2.75, 3.05) is 0 Å². The van der Waals surface area contributed by atoms with Crippen molar-refractivity contribution in [2.24, 2.45) is 51.8 Å². The van der Waals surface area contributed by atoms with Crippen molar-refractivity contribution in [3.8, 4) is 0 Å². The quantitative estimate of drug-likeness (QED) is 0.366. The van der Waals surface area contributed by atoms with E-state index in [0.29, 0.717) is 16.2 Å². The highest BCUT2D eigenvalue weighted by Crippen LogP contribution is 2.60. The summed E-state index contributed by atoms with van der Waals surface area (Å²) in [5, 5.41) is 0. The van der Waals surface area contributed by atoms with Crippen molar-refractivity contribution in [2.45, 2.75) is 128 Å². The molecule has 1 aliphatic rings. The Morgan fingerprint density at radius 2 is 1.46 bits per heavy atom. The van der Waals surface area contributed by atoms with Gasteiger partial charge in [0, 0.05) is 0 Å². The second-order valence-corrected chi connectivity index (χ2v) is 12.5. The molecule has 0 aromatic heterocycles. The molecule has 0 spiro atoms. The van der Waals surface area contributed by atoms with Crippen LogP contribution in [0.2, 0.25) is 0 Å². The van der Waals surface area contributed by atoms with E-state index in [-0.39, 0.29) is 0 Å². The first kappa shape index (κ1) is 26.0. The number of hydrogen-bond donors (Lipinski definition) is 0. The fraction of sp³-hybridized carbons (Fsp3) is 1.00. The maximum absolute atomic E-state index is 2.69. The lowest BCUT2D eigenvalue weighted by Crippen LogP contribution is -2.49. The Kier molecular flexibility index (Phi) is 9.18. The van der Waals surface area contributed by atoms with Crippen LogP contribution in [-0.2, 0) is 0 Å². The summed E-state index contributed by atoms with van der Waals surface area (Å²) in [6.07, 6.45) is 9.67. The summed E-state index contributed by atoms with van der Waals surface area (Å²) in [7, 11) is 0. The fourth-order valence-corrected chi connectivity index (χ4v) is 7.78. The highest BCUT2D eigenvalue weighted by molar-refractivity contribution is 5.00. The lowest BCUT2D eigenvalue weighted by molar-refractivity contribution is -0.0752. The van der Waals surface area contributed by atoms with Gasteiger partial charge in [0.15, 0.2) is 0 Å². The van der Waals surface area contributed by atoms with Gasteiger partial charge in [-0.25, -0.2) is 0 Å². The molecule has 0 nitrogen and oxygen atoms in total. The minimum Gasteiger partial charge on any atom is -0.0651 e. The van der Waals surface area contributed by atoms with E-state index in [4.69, 9.17) is 0 Å². The zero-order valence-corrected chi connectivity index (χ0v) is 21.9. The van der Waals surface area contributed by atoms with Crippen molar-refractivity contribution in [1.29, 1.82) is 0 Å². The summed E-state index contributed by atoms with van der Waals surface area (Å²) < 4.78 is 0. The lowest BCUT2D eigenvalue weighted by atomic mass is 9.48. The van der Waals surface area contributed by atoms with Gasteiger partial charge in [0.2, 0.25) is 0 Å². The van der Waals surface area contributed by atoms with Crippen molar-refractivity contribution in [1.82, 2.24) is 0 Å². The molecule has 168 valence electrons. The van der Waals surface area contributed by atoms with Crippen LogP contribution in [0.15, 0.2) is 0 Å². The number of rotatable bonds is 9. The Morgan fingerprint density at radius 3 is 1.82 bits per heavy atom. The summed E-state index contributed by atoms with van der Waals surface area (Å²) in [6, 6.07) is 0. The van der Waals surface area contributed by atoms with Gasteiger partial charge in [-0.2, -0.15) is 0 Å². The van der Waals surface area contributed by atoms with Gasteiger partial charge in [0.1, 0.15) is 0 Å². The zero-order valence-electron chi connectivity index (χ0n) is 21.9. The Balaban J connectivity index is 3.28. The van der Waals surface area contributed by atoms with Crippen LogP contribution in [0.5, 0.6) is 0 Å². The Bertz CT molecular complexity index is 455. The Morgan fingerprint density at radius 1 is 0.893 bits per heavy atom. The van der Waals surface area contributed by atoms with Crippen LogP contribution >= 0.6 is 0 Å². The van der Waals surface area contributed by atoms with Crippen LogP contribution in [0.3, 0.4) is 0 Å². The molecule has 1 rings (SSSR count). The van der Waals surface area contributed by atoms with E-state index in [1.54, 1.807) is 0 Å². The molecule has 7 unspecified atom stereocenters. The van der Waals surface area contributed by atoms with E-state index >= 15 is 0 Å². The van der Waals surface area contributed by atoms with Gasteiger partial charge in [0.25, 0.3) is 0 Å². The first-order valence-electron chi connectivity index (χ1n) is 12.8. The van der Waals surface area contributed by atoms with E-state index in [1.165, 1.54) is 44.9 Å². The molecule has 0 N–H and O–H groups in total. The first-order valence-corrected chi connectivity index (χ1v) is 12.8. The molecule has 0 aromatic carbocycles. The van der Waals surface area contributed by atoms with Crippen LogP contribution in [-0.4, -0.2) is 0 Å². The van der Waals surface area contributed by atoms with Gasteiger partial charge in [-0.1, -0.05) is 109 Å². The molecule has 7 atom stereocenters. The summed E-state index contributed by atoms with van der Waals surface area (Å²) in [5.74, 6) is 5.07. The van der Waals surface area contributed by atoms with E-state index in [9.17, 15) is 0 Å². The smallest absolute Gasteiger partial charge is 0.0269 e. The first-order chi connectivity index (χ1) is 12.8. The van der Waals surface area contributed by atoms with Gasteiger partial charge in [0.05, 0.1) is 0 Å². The molecule has 1 saturated carbocycles. The van der Waals surface area contributed by atoms with Crippen molar-refractivity contribution < 1.29 is 0 Å². The zero-order chi connectivity index (χ0) is 21.9. The molecule has 0 aromatic rings. The minimum atomic E-state index is 0.430. The second-order valence-electron chi connectivity index (χ2n) is 12.5. The third-order valence-electron chi connectivity index (χ3n) is 9.73. The van der Waals surface area contributed by atoms with Crippen LogP contribution in [0.25, 0.3) is 0 Å². The van der Waals surface area contributed by atoms with Crippen LogP contribution in [0.4, 0.5) is 0 Å². The molecule has 0 saturated heterocycles. The van der Waals surface area contributed by atoms with Crippen LogP contribution < -0.4 is 0 Å². The fourth-order valence-electron chi connectivity index (χ4n) is 7.78. The highest BCUT2D eigenvalue weighted by atomic mass is 14.6. The molecule has 28 heavy (non-hydrogen) atoms. The monoisotopic (exact) mass is 392 g/mol. The molecule has 1 fully saturated rings. The van der Waals surface area contributed by atoms with E-state index < -0.39 is 0 Å². The molecule has 1 aliphatic carbocycles. The van der Waals surface area contributed by atoms with Crippen molar-refractivity contribution in [3.05, 3.63) is 0 Å².